The highest BCUT2D eigenvalue weighted by atomic mass is 31.2. The van der Waals surface area contributed by atoms with Crippen molar-refractivity contribution < 1.29 is 80.2 Å². The van der Waals surface area contributed by atoms with Crippen molar-refractivity contribution in [3.8, 4) is 0 Å². The zero-order valence-corrected chi connectivity index (χ0v) is 69.0. The fourth-order valence-corrected chi connectivity index (χ4v) is 14.3. The van der Waals surface area contributed by atoms with E-state index in [9.17, 15) is 43.2 Å². The van der Waals surface area contributed by atoms with Crippen LogP contribution in [0.2, 0.25) is 0 Å². The molecule has 0 aliphatic heterocycles. The molecule has 0 amide bonds. The lowest BCUT2D eigenvalue weighted by Gasteiger charge is -2.21. The number of rotatable bonds is 80. The second kappa shape index (κ2) is 72.0. The lowest BCUT2D eigenvalue weighted by molar-refractivity contribution is -0.161. The zero-order chi connectivity index (χ0) is 75.3. The summed E-state index contributed by atoms with van der Waals surface area (Å²) in [5.41, 5.74) is 0. The first kappa shape index (κ1) is 100. The molecule has 3 N–H and O–H groups in total. The van der Waals surface area contributed by atoms with Crippen molar-refractivity contribution >= 4 is 39.5 Å². The van der Waals surface area contributed by atoms with Gasteiger partial charge in [0.05, 0.1) is 26.4 Å². The van der Waals surface area contributed by atoms with Crippen molar-refractivity contribution in [2.45, 2.75) is 446 Å². The second-order valence-electron chi connectivity index (χ2n) is 31.5. The molecule has 3 unspecified atom stereocenters. The van der Waals surface area contributed by atoms with Crippen molar-refractivity contribution in [1.29, 1.82) is 0 Å². The van der Waals surface area contributed by atoms with E-state index in [1.54, 1.807) is 0 Å². The first-order chi connectivity index (χ1) is 49.1. The lowest BCUT2D eigenvalue weighted by Crippen LogP contribution is -2.30. The molecule has 6 atom stereocenters. The van der Waals surface area contributed by atoms with Crippen LogP contribution in [0.25, 0.3) is 0 Å². The number of esters is 4. The van der Waals surface area contributed by atoms with Crippen molar-refractivity contribution in [3.63, 3.8) is 0 Å². The number of phosphoric acid groups is 2. The quantitative estimate of drug-likeness (QED) is 0.0222. The number of unbranched alkanes of at least 4 members (excludes halogenated alkanes) is 45. The molecule has 0 bridgehead atoms. The maximum atomic E-state index is 13.1. The summed E-state index contributed by atoms with van der Waals surface area (Å²) in [6, 6.07) is 0. The Balaban J connectivity index is 5.19. The maximum absolute atomic E-state index is 13.1. The van der Waals surface area contributed by atoms with Gasteiger partial charge in [-0.3, -0.25) is 37.3 Å². The third-order valence-electron chi connectivity index (χ3n) is 19.7. The Morgan fingerprint density at radius 2 is 0.471 bits per heavy atom. The first-order valence-electron chi connectivity index (χ1n) is 42.7. The summed E-state index contributed by atoms with van der Waals surface area (Å²) in [5.74, 6) is 0.991. The van der Waals surface area contributed by atoms with Gasteiger partial charge >= 0.3 is 39.5 Å². The van der Waals surface area contributed by atoms with E-state index in [4.69, 9.17) is 37.0 Å². The average Bonchev–Trinajstić information content (AvgIpc) is 0.911. The van der Waals surface area contributed by atoms with Crippen LogP contribution in [0, 0.1) is 23.7 Å². The summed E-state index contributed by atoms with van der Waals surface area (Å²) in [4.78, 5) is 73.1. The van der Waals surface area contributed by atoms with Gasteiger partial charge in [0.1, 0.15) is 19.3 Å². The standard InChI is InChI=1S/C83H162O17P2/c1-9-76(8)62-54-46-41-42-48-56-64-81(86)94-70-79(100-83(88)66-58-49-39-32-26-22-18-13-11-10-12-16-20-24-29-35-43-51-59-73(2)3)72-98-102(91,92)96-68-77(84)67-95-101(89,90)97-71-78(69-93-80(85)63-55-47-38-34-28-31-37-45-53-61-75(6)7)99-82(87)65-57-50-40-33-27-23-19-15-14-17-21-25-30-36-44-52-60-74(4)5/h73-79,84H,9-72H2,1-8H3,(H,89,90)(H,91,92)/t76?,77-,78-,79-/m1/s1. The highest BCUT2D eigenvalue weighted by Gasteiger charge is 2.30. The van der Waals surface area contributed by atoms with Crippen LogP contribution >= 0.6 is 15.6 Å². The van der Waals surface area contributed by atoms with Crippen LogP contribution in [0.4, 0.5) is 0 Å². The Hall–Kier alpha value is -1.94. The van der Waals surface area contributed by atoms with Crippen LogP contribution in [0.1, 0.15) is 428 Å². The molecule has 0 radical (unpaired) electrons. The summed E-state index contributed by atoms with van der Waals surface area (Å²) in [6.45, 7) is 14.3. The molecule has 0 spiro atoms. The van der Waals surface area contributed by atoms with E-state index < -0.39 is 97.5 Å². The zero-order valence-electron chi connectivity index (χ0n) is 67.2. The Labute approximate surface area is 626 Å². The van der Waals surface area contributed by atoms with Crippen LogP contribution < -0.4 is 0 Å². The van der Waals surface area contributed by atoms with E-state index in [2.05, 4.69) is 55.4 Å². The molecular weight excluding hydrogens is 1330 g/mol. The van der Waals surface area contributed by atoms with Gasteiger partial charge in [0.2, 0.25) is 0 Å². The summed E-state index contributed by atoms with van der Waals surface area (Å²) in [6.07, 6.45) is 59.8. The van der Waals surface area contributed by atoms with E-state index in [1.165, 1.54) is 225 Å². The fraction of sp³-hybridized carbons (Fsp3) is 0.952. The summed E-state index contributed by atoms with van der Waals surface area (Å²) >= 11 is 0. The Bertz CT molecular complexity index is 1990. The minimum atomic E-state index is -4.96. The molecule has 0 aliphatic rings. The topological polar surface area (TPSA) is 237 Å². The number of hydrogen-bond acceptors (Lipinski definition) is 15. The van der Waals surface area contributed by atoms with Gasteiger partial charge in [-0.25, -0.2) is 9.13 Å². The van der Waals surface area contributed by atoms with Crippen molar-refractivity contribution in [1.82, 2.24) is 0 Å². The summed E-state index contributed by atoms with van der Waals surface area (Å²) in [5, 5.41) is 10.6. The maximum Gasteiger partial charge on any atom is 0.472 e. The molecule has 0 rings (SSSR count). The molecule has 0 aromatic heterocycles. The van der Waals surface area contributed by atoms with Crippen LogP contribution in [-0.2, 0) is 65.4 Å². The predicted octanol–water partition coefficient (Wildman–Crippen LogP) is 24.8. The molecule has 17 nitrogen and oxygen atoms in total. The molecule has 19 heteroatoms. The molecule has 102 heavy (non-hydrogen) atoms. The minimum absolute atomic E-state index is 0.107. The monoisotopic (exact) mass is 1490 g/mol. The number of carbonyl (C=O) groups excluding carboxylic acids is 4. The van der Waals surface area contributed by atoms with Crippen molar-refractivity contribution in [2.24, 2.45) is 23.7 Å². The molecule has 0 saturated heterocycles. The molecule has 0 fully saturated rings. The van der Waals surface area contributed by atoms with Crippen LogP contribution in [0.5, 0.6) is 0 Å². The van der Waals surface area contributed by atoms with Gasteiger partial charge in [-0.2, -0.15) is 0 Å². The first-order valence-corrected chi connectivity index (χ1v) is 45.7. The number of carbonyl (C=O) groups is 4. The number of aliphatic hydroxyl groups is 1. The fourth-order valence-electron chi connectivity index (χ4n) is 12.8. The van der Waals surface area contributed by atoms with E-state index in [-0.39, 0.29) is 25.7 Å². The summed E-state index contributed by atoms with van der Waals surface area (Å²) < 4.78 is 68.8. The van der Waals surface area contributed by atoms with E-state index >= 15 is 0 Å². The van der Waals surface area contributed by atoms with E-state index in [0.29, 0.717) is 25.7 Å². The normalized spacial score (nSPS) is 14.3. The third kappa shape index (κ3) is 74.9. The molecule has 0 heterocycles. The van der Waals surface area contributed by atoms with Crippen LogP contribution in [0.15, 0.2) is 0 Å². The van der Waals surface area contributed by atoms with Gasteiger partial charge in [-0.15, -0.1) is 0 Å². The second-order valence-corrected chi connectivity index (χ2v) is 34.4. The van der Waals surface area contributed by atoms with Gasteiger partial charge in [0.15, 0.2) is 12.2 Å². The number of ether oxygens (including phenoxy) is 4. The number of phosphoric ester groups is 2. The Morgan fingerprint density at radius 3 is 0.696 bits per heavy atom. The smallest absolute Gasteiger partial charge is 0.462 e. The average molecular weight is 1490 g/mol. The van der Waals surface area contributed by atoms with Gasteiger partial charge in [0.25, 0.3) is 0 Å². The van der Waals surface area contributed by atoms with Crippen molar-refractivity contribution in [2.75, 3.05) is 39.6 Å². The van der Waals surface area contributed by atoms with Crippen LogP contribution in [0.3, 0.4) is 0 Å². The highest BCUT2D eigenvalue weighted by Crippen LogP contribution is 2.45. The molecule has 0 saturated carbocycles. The van der Waals surface area contributed by atoms with Crippen LogP contribution in [-0.4, -0.2) is 96.7 Å². The minimum Gasteiger partial charge on any atom is -0.462 e. The van der Waals surface area contributed by atoms with Gasteiger partial charge < -0.3 is 33.8 Å². The van der Waals surface area contributed by atoms with Gasteiger partial charge in [-0.1, -0.05) is 376 Å². The highest BCUT2D eigenvalue weighted by molar-refractivity contribution is 7.47. The molecule has 0 aliphatic carbocycles. The SMILES string of the molecule is CCC(C)CCCCCCCCC(=O)OC[C@H](COP(=O)(O)OC[C@H](O)COP(=O)(O)OC[C@@H](COC(=O)CCCCCCCCCCCC(C)C)OC(=O)CCCCCCCCCCCCCCCCCCC(C)C)OC(=O)CCCCCCCCCCCCCCCCCCCCC(C)C. The molecule has 606 valence electrons. The number of aliphatic hydroxyl groups excluding tert-OH is 1. The van der Waals surface area contributed by atoms with E-state index in [0.717, 1.165) is 120 Å². The van der Waals surface area contributed by atoms with Crippen molar-refractivity contribution in [3.05, 3.63) is 0 Å². The molecule has 0 aromatic carbocycles. The third-order valence-corrected chi connectivity index (χ3v) is 21.6. The Kier molecular flexibility index (Phi) is 70.6. The lowest BCUT2D eigenvalue weighted by atomic mass is 10.00. The Morgan fingerprint density at radius 1 is 0.275 bits per heavy atom. The molecule has 0 aromatic rings. The predicted molar refractivity (Wildman–Crippen MR) is 418 cm³/mol. The number of hydrogen-bond donors (Lipinski definition) is 3. The van der Waals surface area contributed by atoms with Gasteiger partial charge in [0, 0.05) is 25.7 Å². The van der Waals surface area contributed by atoms with Gasteiger partial charge in [-0.05, 0) is 49.4 Å². The van der Waals surface area contributed by atoms with E-state index in [1.807, 2.05) is 0 Å². The summed E-state index contributed by atoms with van der Waals surface area (Å²) in [7, 11) is -9.92. The largest absolute Gasteiger partial charge is 0.472 e. The molecular formula is C83H162O17P2.